The number of carboxylic acids is 1. The Morgan fingerprint density at radius 1 is 1.11 bits per heavy atom. The molecule has 2 aliphatic heterocycles. The molecule has 0 spiro atoms. The van der Waals surface area contributed by atoms with Gasteiger partial charge in [0.2, 0.25) is 5.88 Å². The van der Waals surface area contributed by atoms with Crippen LogP contribution in [0.1, 0.15) is 40.2 Å². The molecule has 5 aromatic rings. The lowest BCUT2D eigenvalue weighted by Crippen LogP contribution is -2.41. The van der Waals surface area contributed by atoms with Crippen LogP contribution in [0.25, 0.3) is 22.3 Å². The predicted molar refractivity (Wildman–Crippen MR) is 157 cm³/mol. The van der Waals surface area contributed by atoms with Crippen molar-refractivity contribution in [3.8, 4) is 23.2 Å². The first kappa shape index (κ1) is 28.4. The molecular formula is C33H25F2N5O5. The molecule has 3 aliphatic rings. The molecule has 2 saturated heterocycles. The number of halogens is 2. The predicted octanol–water partition coefficient (Wildman–Crippen LogP) is 4.91. The van der Waals surface area contributed by atoms with E-state index in [-0.39, 0.29) is 52.6 Å². The van der Waals surface area contributed by atoms with Gasteiger partial charge in [-0.2, -0.15) is 5.26 Å². The maximum absolute atomic E-state index is 15.5. The first-order valence-electron chi connectivity index (χ1n) is 14.3. The molecule has 2 bridgehead atoms. The largest absolute Gasteiger partial charge is 0.478 e. The van der Waals surface area contributed by atoms with E-state index in [1.807, 2.05) is 10.6 Å². The summed E-state index contributed by atoms with van der Waals surface area (Å²) >= 11 is 0. The smallest absolute Gasteiger partial charge is 0.335 e. The molecule has 1 saturated carbocycles. The van der Waals surface area contributed by atoms with E-state index in [1.54, 1.807) is 18.2 Å². The molecule has 0 amide bonds. The molecule has 0 unspecified atom stereocenters. The number of hydrogen-bond donors (Lipinski definition) is 1. The van der Waals surface area contributed by atoms with Crippen molar-refractivity contribution in [2.45, 2.75) is 38.1 Å². The van der Waals surface area contributed by atoms with Crippen molar-refractivity contribution >= 4 is 17.0 Å². The third-order valence-electron chi connectivity index (χ3n) is 8.41. The monoisotopic (exact) mass is 609 g/mol. The van der Waals surface area contributed by atoms with Gasteiger partial charge in [0.25, 0.3) is 5.56 Å². The van der Waals surface area contributed by atoms with E-state index in [0.717, 1.165) is 31.2 Å². The molecule has 2 aromatic carbocycles. The molecule has 3 aromatic heterocycles. The number of nitriles is 1. The van der Waals surface area contributed by atoms with Crippen molar-refractivity contribution in [2.24, 2.45) is 5.92 Å². The second-order valence-corrected chi connectivity index (χ2v) is 11.5. The van der Waals surface area contributed by atoms with Crippen LogP contribution in [-0.4, -0.2) is 42.4 Å². The highest BCUT2D eigenvalue weighted by atomic mass is 19.1. The molecule has 10 nitrogen and oxygen atoms in total. The van der Waals surface area contributed by atoms with Crippen LogP contribution in [0.3, 0.4) is 0 Å². The lowest BCUT2D eigenvalue weighted by atomic mass is 9.74. The summed E-state index contributed by atoms with van der Waals surface area (Å²) in [6, 6.07) is 16.3. The van der Waals surface area contributed by atoms with E-state index in [4.69, 9.17) is 14.7 Å². The number of hydrogen-bond acceptors (Lipinski definition) is 7. The van der Waals surface area contributed by atoms with E-state index < -0.39 is 23.2 Å². The number of fused-ring (bicyclic) bond motifs is 2. The van der Waals surface area contributed by atoms with Crippen molar-refractivity contribution in [1.29, 1.82) is 5.26 Å². The number of carboxylic acid groups (broad SMARTS) is 1. The van der Waals surface area contributed by atoms with Crippen LogP contribution in [0.15, 0.2) is 71.7 Å². The summed E-state index contributed by atoms with van der Waals surface area (Å²) < 4.78 is 44.5. The first-order chi connectivity index (χ1) is 21.7. The van der Waals surface area contributed by atoms with Gasteiger partial charge in [0.1, 0.15) is 24.1 Å². The molecule has 8 rings (SSSR count). The molecule has 45 heavy (non-hydrogen) atoms. The lowest BCUT2D eigenvalue weighted by Gasteiger charge is -2.36. The Kier molecular flexibility index (Phi) is 6.90. The van der Waals surface area contributed by atoms with Gasteiger partial charge in [-0.25, -0.2) is 23.5 Å². The van der Waals surface area contributed by atoms with Gasteiger partial charge < -0.3 is 23.7 Å². The molecule has 226 valence electrons. The van der Waals surface area contributed by atoms with Crippen molar-refractivity contribution in [1.82, 2.24) is 19.1 Å². The van der Waals surface area contributed by atoms with E-state index in [1.165, 1.54) is 34.9 Å². The summed E-state index contributed by atoms with van der Waals surface area (Å²) in [6.07, 6.45) is 2.88. The van der Waals surface area contributed by atoms with Crippen LogP contribution in [-0.2, 0) is 24.4 Å². The van der Waals surface area contributed by atoms with Crippen LogP contribution in [0.5, 0.6) is 5.88 Å². The summed E-state index contributed by atoms with van der Waals surface area (Å²) in [5.41, 5.74) is 0.934. The average Bonchev–Trinajstić information content (AvgIpc) is 3.71. The quantitative estimate of drug-likeness (QED) is 0.249. The normalized spacial score (nSPS) is 18.5. The maximum atomic E-state index is 15.5. The fourth-order valence-corrected chi connectivity index (χ4v) is 6.14. The average molecular weight is 610 g/mol. The summed E-state index contributed by atoms with van der Waals surface area (Å²) in [6.45, 7) is 0.900. The van der Waals surface area contributed by atoms with Crippen molar-refractivity contribution in [3.63, 3.8) is 0 Å². The van der Waals surface area contributed by atoms with Crippen LogP contribution in [0, 0.1) is 28.9 Å². The molecule has 1 aliphatic carbocycles. The second kappa shape index (κ2) is 10.9. The Bertz CT molecular complexity index is 2090. The van der Waals surface area contributed by atoms with Crippen molar-refractivity contribution in [2.75, 3.05) is 6.61 Å². The van der Waals surface area contributed by atoms with E-state index in [2.05, 4.69) is 9.97 Å². The molecule has 0 atom stereocenters. The Morgan fingerprint density at radius 2 is 1.96 bits per heavy atom. The SMILES string of the molecule is N#Cc1ccc(COc2cccc(-c3cc(=O)n(Cc4nc5ccc(C(=O)O)cc5n4CC45CC(CO4)C5)cc3F)n2)c(F)c1. The van der Waals surface area contributed by atoms with Gasteiger partial charge in [-0.1, -0.05) is 12.1 Å². The Morgan fingerprint density at radius 3 is 2.69 bits per heavy atom. The summed E-state index contributed by atoms with van der Waals surface area (Å²) in [5, 5.41) is 18.5. The number of benzene rings is 2. The highest BCUT2D eigenvalue weighted by Crippen LogP contribution is 2.49. The molecule has 1 N–H and O–H groups in total. The summed E-state index contributed by atoms with van der Waals surface area (Å²) in [5.74, 6) is -1.28. The molecular weight excluding hydrogens is 584 g/mol. The van der Waals surface area contributed by atoms with E-state index >= 15 is 4.39 Å². The van der Waals surface area contributed by atoms with E-state index in [0.29, 0.717) is 35.9 Å². The maximum Gasteiger partial charge on any atom is 0.335 e. The van der Waals surface area contributed by atoms with E-state index in [9.17, 15) is 19.1 Å². The fourth-order valence-electron chi connectivity index (χ4n) is 6.14. The van der Waals surface area contributed by atoms with Crippen LogP contribution >= 0.6 is 0 Å². The minimum absolute atomic E-state index is 0.0374. The zero-order valence-corrected chi connectivity index (χ0v) is 23.7. The van der Waals surface area contributed by atoms with Crippen molar-refractivity contribution in [3.05, 3.63) is 111 Å². The topological polar surface area (TPSA) is 132 Å². The zero-order chi connectivity index (χ0) is 31.3. The number of aromatic nitrogens is 4. The van der Waals surface area contributed by atoms with Gasteiger partial charge in [-0.05, 0) is 55.2 Å². The highest BCUT2D eigenvalue weighted by Gasteiger charge is 2.52. The van der Waals surface area contributed by atoms with Gasteiger partial charge in [0, 0.05) is 29.5 Å². The minimum atomic E-state index is -1.07. The standard InChI is InChI=1S/C33H25F2N5O5/c34-24-8-19(13-36)4-5-22(24)17-44-30-3-1-2-26(38-30)23-10-31(41)39(14-25(23)35)15-29-37-27-7-6-21(32(42)43)9-28(27)40(29)18-33-11-20(12-33)16-45-33/h1-10,14,20H,11-12,15-18H2,(H,42,43). The third kappa shape index (κ3) is 5.32. The van der Waals surface area contributed by atoms with Crippen LogP contribution < -0.4 is 10.3 Å². The number of nitrogens with zero attached hydrogens (tertiary/aromatic N) is 5. The van der Waals surface area contributed by atoms with Crippen LogP contribution in [0.4, 0.5) is 8.78 Å². The summed E-state index contributed by atoms with van der Waals surface area (Å²) in [7, 11) is 0. The minimum Gasteiger partial charge on any atom is -0.478 e. The molecule has 0 radical (unpaired) electrons. The highest BCUT2D eigenvalue weighted by molar-refractivity contribution is 5.92. The number of pyridine rings is 2. The Labute approximate surface area is 254 Å². The molecule has 12 heteroatoms. The number of rotatable bonds is 9. The van der Waals surface area contributed by atoms with Gasteiger partial charge >= 0.3 is 5.97 Å². The lowest BCUT2D eigenvalue weighted by molar-refractivity contribution is -0.0133. The number of ether oxygens (including phenoxy) is 2. The second-order valence-electron chi connectivity index (χ2n) is 11.5. The Hall–Kier alpha value is -5.41. The van der Waals surface area contributed by atoms with Crippen molar-refractivity contribution < 1.29 is 28.2 Å². The number of aromatic carboxylic acids is 1. The molecule has 5 heterocycles. The summed E-state index contributed by atoms with van der Waals surface area (Å²) in [4.78, 5) is 33.9. The number of carbonyl (C=O) groups is 1. The van der Waals surface area contributed by atoms with Gasteiger partial charge in [0.15, 0.2) is 0 Å². The van der Waals surface area contributed by atoms with Gasteiger partial charge in [-0.15, -0.1) is 0 Å². The van der Waals surface area contributed by atoms with Crippen LogP contribution in [0.2, 0.25) is 0 Å². The fraction of sp³-hybridized carbons (Fsp3) is 0.242. The Balaban J connectivity index is 1.16. The van der Waals surface area contributed by atoms with Gasteiger partial charge in [-0.3, -0.25) is 4.79 Å². The number of imidazole rings is 1. The zero-order valence-electron chi connectivity index (χ0n) is 23.7. The molecule has 3 fully saturated rings. The first-order valence-corrected chi connectivity index (χ1v) is 14.3. The third-order valence-corrected chi connectivity index (χ3v) is 8.41. The van der Waals surface area contributed by atoms with Gasteiger partial charge in [0.05, 0.1) is 59.2 Å².